The Labute approximate surface area is 258 Å². The molecule has 2 aromatic carbocycles. The molecule has 11 heteroatoms. The van der Waals surface area contributed by atoms with E-state index in [1.165, 1.54) is 14.2 Å². The molecule has 1 aliphatic heterocycles. The third-order valence-electron chi connectivity index (χ3n) is 7.34. The fourth-order valence-corrected chi connectivity index (χ4v) is 4.99. The third kappa shape index (κ3) is 8.70. The van der Waals surface area contributed by atoms with E-state index in [1.807, 2.05) is 30.9 Å². The number of amides is 3. The van der Waals surface area contributed by atoms with Crippen molar-refractivity contribution in [2.24, 2.45) is 5.92 Å². The summed E-state index contributed by atoms with van der Waals surface area (Å²) < 4.78 is 17.4. The number of benzene rings is 2. The molecule has 2 bridgehead atoms. The minimum atomic E-state index is -0.751. The van der Waals surface area contributed by atoms with Crippen LogP contribution in [0.1, 0.15) is 48.2 Å². The Bertz CT molecular complexity index is 1430. The van der Waals surface area contributed by atoms with Gasteiger partial charge in [0.2, 0.25) is 11.8 Å². The topological polar surface area (TPSA) is 131 Å². The predicted octanol–water partition coefficient (Wildman–Crippen LogP) is 3.67. The first-order chi connectivity index (χ1) is 21.3. The minimum absolute atomic E-state index is 0.0763. The van der Waals surface area contributed by atoms with Crippen LogP contribution in [-0.4, -0.2) is 67.5 Å². The second-order valence-corrected chi connectivity index (χ2v) is 10.9. The van der Waals surface area contributed by atoms with Crippen LogP contribution in [0, 0.1) is 5.92 Å². The van der Waals surface area contributed by atoms with Crippen LogP contribution in [0.3, 0.4) is 0 Å². The number of methoxy groups -OCH3 is 2. The molecule has 234 valence electrons. The van der Waals surface area contributed by atoms with Crippen LogP contribution in [0.5, 0.6) is 23.0 Å². The number of ether oxygens (including phenoxy) is 3. The summed E-state index contributed by atoms with van der Waals surface area (Å²) in [5.74, 6) is 0.738. The van der Waals surface area contributed by atoms with Crippen molar-refractivity contribution in [1.29, 1.82) is 0 Å². The lowest BCUT2D eigenvalue weighted by molar-refractivity contribution is -0.130. The zero-order chi connectivity index (χ0) is 31.5. The van der Waals surface area contributed by atoms with Crippen molar-refractivity contribution in [2.75, 3.05) is 33.9 Å². The van der Waals surface area contributed by atoms with Gasteiger partial charge in [0, 0.05) is 31.0 Å². The van der Waals surface area contributed by atoms with Crippen LogP contribution < -0.4 is 30.2 Å². The summed E-state index contributed by atoms with van der Waals surface area (Å²) in [6.07, 6.45) is 4.94. The number of pyridine rings is 1. The zero-order valence-electron chi connectivity index (χ0n) is 25.7. The second kappa shape index (κ2) is 15.7. The number of hydrogen-bond acceptors (Lipinski definition) is 8. The van der Waals surface area contributed by atoms with Gasteiger partial charge in [-0.1, -0.05) is 26.0 Å². The number of hydrogen-bond donors (Lipinski definition) is 3. The zero-order valence-corrected chi connectivity index (χ0v) is 25.7. The molecule has 1 aliphatic rings. The SMILES string of the molecule is COc1ccc2cc1Oc1cccc(OC)c1CNC(=O)[C@@H](C(C)C)NC(=O)CN(Cc1cccnc1)CCCCNC2=O. The summed E-state index contributed by atoms with van der Waals surface area (Å²) in [7, 11) is 3.06. The number of aromatic nitrogens is 1. The summed E-state index contributed by atoms with van der Waals surface area (Å²) in [4.78, 5) is 45.9. The maximum atomic E-state index is 13.4. The quantitative estimate of drug-likeness (QED) is 0.403. The van der Waals surface area contributed by atoms with E-state index in [1.54, 1.807) is 48.8 Å². The van der Waals surface area contributed by atoms with Crippen LogP contribution in [0.4, 0.5) is 0 Å². The molecule has 0 radical (unpaired) electrons. The van der Waals surface area contributed by atoms with Gasteiger partial charge in [0.1, 0.15) is 17.5 Å². The molecule has 0 fully saturated rings. The van der Waals surface area contributed by atoms with Crippen LogP contribution in [0.15, 0.2) is 60.9 Å². The number of rotatable bonds is 5. The standard InChI is InChI=1S/C33H41N5O6/c1-22(2)31-33(41)36-19-25-26(42-3)10-7-11-27(25)44-29-17-24(12-13-28(29)43-4)32(40)35-15-5-6-16-38(21-30(39)37-31)20-23-9-8-14-34-18-23/h7-14,17-18,22,31H,5-6,15-16,19-21H2,1-4H3,(H,35,40)(H,36,41)(H,37,39)/t31-/m1/s1. The fourth-order valence-electron chi connectivity index (χ4n) is 4.99. The summed E-state index contributed by atoms with van der Waals surface area (Å²) in [5, 5.41) is 8.86. The van der Waals surface area contributed by atoms with Crippen molar-refractivity contribution < 1.29 is 28.6 Å². The molecule has 3 amide bonds. The summed E-state index contributed by atoms with van der Waals surface area (Å²) in [6, 6.07) is 13.4. The largest absolute Gasteiger partial charge is 0.496 e. The van der Waals surface area contributed by atoms with E-state index in [2.05, 4.69) is 20.9 Å². The lowest BCUT2D eigenvalue weighted by atomic mass is 10.0. The number of nitrogens with zero attached hydrogens (tertiary/aromatic N) is 2. The van der Waals surface area contributed by atoms with E-state index < -0.39 is 6.04 Å². The van der Waals surface area contributed by atoms with E-state index in [-0.39, 0.29) is 36.7 Å². The smallest absolute Gasteiger partial charge is 0.251 e. The van der Waals surface area contributed by atoms with Crippen molar-refractivity contribution in [3.05, 3.63) is 77.6 Å². The Kier molecular flexibility index (Phi) is 11.5. The molecule has 0 unspecified atom stereocenters. The first kappa shape index (κ1) is 32.3. The van der Waals surface area contributed by atoms with Crippen LogP contribution >= 0.6 is 0 Å². The first-order valence-corrected chi connectivity index (χ1v) is 14.8. The molecule has 2 heterocycles. The van der Waals surface area contributed by atoms with Gasteiger partial charge in [-0.2, -0.15) is 0 Å². The maximum Gasteiger partial charge on any atom is 0.251 e. The summed E-state index contributed by atoms with van der Waals surface area (Å²) >= 11 is 0. The maximum absolute atomic E-state index is 13.4. The number of carbonyl (C=O) groups is 3. The molecular weight excluding hydrogens is 562 g/mol. The average Bonchev–Trinajstić information content (AvgIpc) is 3.02. The van der Waals surface area contributed by atoms with Gasteiger partial charge in [0.15, 0.2) is 11.5 Å². The van der Waals surface area contributed by atoms with E-state index in [9.17, 15) is 14.4 Å². The van der Waals surface area contributed by atoms with Gasteiger partial charge in [-0.05, 0) is 67.3 Å². The van der Waals surface area contributed by atoms with Crippen molar-refractivity contribution >= 4 is 17.7 Å². The van der Waals surface area contributed by atoms with Crippen molar-refractivity contribution in [1.82, 2.24) is 25.8 Å². The molecule has 0 spiro atoms. The van der Waals surface area contributed by atoms with Gasteiger partial charge in [0.05, 0.1) is 32.9 Å². The fraction of sp³-hybridized carbons (Fsp3) is 0.394. The second-order valence-electron chi connectivity index (χ2n) is 10.9. The third-order valence-corrected chi connectivity index (χ3v) is 7.34. The molecule has 44 heavy (non-hydrogen) atoms. The van der Waals surface area contributed by atoms with Crippen LogP contribution in [0.25, 0.3) is 0 Å². The molecule has 4 rings (SSSR count). The monoisotopic (exact) mass is 603 g/mol. The van der Waals surface area contributed by atoms with Crippen LogP contribution in [0.2, 0.25) is 0 Å². The number of fused-ring (bicyclic) bond motifs is 3. The Morgan fingerprint density at radius 1 is 0.977 bits per heavy atom. The molecule has 0 saturated carbocycles. The molecule has 1 aromatic heterocycles. The molecule has 0 aliphatic carbocycles. The van der Waals surface area contributed by atoms with E-state index in [0.29, 0.717) is 60.2 Å². The first-order valence-electron chi connectivity index (χ1n) is 14.8. The van der Waals surface area contributed by atoms with E-state index >= 15 is 0 Å². The summed E-state index contributed by atoms with van der Waals surface area (Å²) in [5.41, 5.74) is 1.99. The van der Waals surface area contributed by atoms with Crippen molar-refractivity contribution in [3.8, 4) is 23.0 Å². The lowest BCUT2D eigenvalue weighted by Crippen LogP contribution is -2.51. The highest BCUT2D eigenvalue weighted by Gasteiger charge is 2.26. The van der Waals surface area contributed by atoms with E-state index in [0.717, 1.165) is 12.0 Å². The van der Waals surface area contributed by atoms with Gasteiger partial charge >= 0.3 is 0 Å². The van der Waals surface area contributed by atoms with Gasteiger partial charge in [-0.15, -0.1) is 0 Å². The Hall–Kier alpha value is -4.64. The van der Waals surface area contributed by atoms with Crippen LogP contribution in [-0.2, 0) is 22.7 Å². The lowest BCUT2D eigenvalue weighted by Gasteiger charge is -2.26. The Morgan fingerprint density at radius 2 is 1.80 bits per heavy atom. The number of nitrogens with one attached hydrogen (secondary N) is 3. The van der Waals surface area contributed by atoms with Crippen molar-refractivity contribution in [3.63, 3.8) is 0 Å². The highest BCUT2D eigenvalue weighted by Crippen LogP contribution is 2.37. The highest BCUT2D eigenvalue weighted by molar-refractivity contribution is 5.95. The van der Waals surface area contributed by atoms with Crippen molar-refractivity contribution in [2.45, 2.75) is 45.8 Å². The average molecular weight is 604 g/mol. The molecule has 3 aromatic rings. The Morgan fingerprint density at radius 3 is 2.52 bits per heavy atom. The highest BCUT2D eigenvalue weighted by atomic mass is 16.5. The molecule has 3 N–H and O–H groups in total. The van der Waals surface area contributed by atoms with Gasteiger partial charge in [-0.3, -0.25) is 24.3 Å². The van der Waals surface area contributed by atoms with E-state index in [4.69, 9.17) is 14.2 Å². The van der Waals surface area contributed by atoms with Gasteiger partial charge < -0.3 is 30.2 Å². The molecule has 1 atom stereocenters. The number of carbonyl (C=O) groups excluding carboxylic acids is 3. The predicted molar refractivity (Wildman–Crippen MR) is 166 cm³/mol. The van der Waals surface area contributed by atoms with Gasteiger partial charge in [0.25, 0.3) is 5.91 Å². The summed E-state index contributed by atoms with van der Waals surface area (Å²) in [6.45, 7) is 5.57. The normalized spacial score (nSPS) is 17.4. The molecule has 0 saturated heterocycles. The molecular formula is C33H41N5O6. The minimum Gasteiger partial charge on any atom is -0.496 e. The molecule has 11 nitrogen and oxygen atoms in total. The Balaban J connectivity index is 1.64. The van der Waals surface area contributed by atoms with Gasteiger partial charge in [-0.25, -0.2) is 0 Å².